The van der Waals surface area contributed by atoms with Crippen molar-refractivity contribution in [1.29, 1.82) is 0 Å². The molecule has 1 heterocycles. The van der Waals surface area contributed by atoms with Gasteiger partial charge in [0.05, 0.1) is 31.5 Å². The molecule has 1 aromatic heterocycles. The van der Waals surface area contributed by atoms with E-state index in [2.05, 4.69) is 15.5 Å². The first kappa shape index (κ1) is 14.8. The maximum Gasteiger partial charge on any atom is 0.260 e. The lowest BCUT2D eigenvalue weighted by Gasteiger charge is -2.12. The van der Waals surface area contributed by atoms with E-state index in [9.17, 15) is 4.79 Å². The van der Waals surface area contributed by atoms with Crippen molar-refractivity contribution in [3.8, 4) is 11.5 Å². The summed E-state index contributed by atoms with van der Waals surface area (Å²) < 4.78 is 10.4. The fourth-order valence-corrected chi connectivity index (χ4v) is 1.97. The summed E-state index contributed by atoms with van der Waals surface area (Å²) in [5.41, 5.74) is 6.33. The molecule has 4 N–H and O–H groups in total. The Balaban J connectivity index is 2.33. The molecular weight excluding hydrogens is 292 g/mol. The van der Waals surface area contributed by atoms with E-state index in [0.29, 0.717) is 28.4 Å². The smallest absolute Gasteiger partial charge is 0.260 e. The fraction of sp³-hybridized carbons (Fsp3) is 0.154. The molecule has 110 valence electrons. The Kier molecular flexibility index (Phi) is 4.39. The maximum absolute atomic E-state index is 12.4. The summed E-state index contributed by atoms with van der Waals surface area (Å²) in [6.07, 6.45) is 1.45. The van der Waals surface area contributed by atoms with Crippen molar-refractivity contribution in [3.05, 3.63) is 35.5 Å². The van der Waals surface area contributed by atoms with Crippen molar-refractivity contribution in [3.63, 3.8) is 0 Å². The van der Waals surface area contributed by atoms with Gasteiger partial charge in [-0.25, -0.2) is 0 Å². The van der Waals surface area contributed by atoms with Crippen LogP contribution in [0.15, 0.2) is 24.4 Å². The molecule has 0 saturated heterocycles. The number of carbonyl (C=O) groups is 1. The van der Waals surface area contributed by atoms with Crippen LogP contribution in [0.5, 0.6) is 11.5 Å². The molecule has 2 rings (SSSR count). The highest BCUT2D eigenvalue weighted by Gasteiger charge is 2.18. The van der Waals surface area contributed by atoms with Crippen LogP contribution in [0.1, 0.15) is 15.9 Å². The number of thiocarbonyl (C=S) groups is 1. The Labute approximate surface area is 126 Å². The van der Waals surface area contributed by atoms with E-state index >= 15 is 0 Å². The van der Waals surface area contributed by atoms with E-state index in [1.54, 1.807) is 18.2 Å². The molecule has 0 aliphatic heterocycles. The van der Waals surface area contributed by atoms with Crippen molar-refractivity contribution in [2.45, 2.75) is 0 Å². The van der Waals surface area contributed by atoms with Crippen molar-refractivity contribution in [2.24, 2.45) is 5.73 Å². The van der Waals surface area contributed by atoms with Gasteiger partial charge in [-0.2, -0.15) is 5.10 Å². The minimum Gasteiger partial charge on any atom is -0.493 e. The Morgan fingerprint density at radius 1 is 1.33 bits per heavy atom. The number of aromatic amines is 1. The number of nitrogens with one attached hydrogen (secondary N) is 2. The van der Waals surface area contributed by atoms with Crippen LogP contribution in [0, 0.1) is 0 Å². The topological polar surface area (TPSA) is 102 Å². The highest BCUT2D eigenvalue weighted by atomic mass is 32.1. The van der Waals surface area contributed by atoms with Gasteiger partial charge in [-0.3, -0.25) is 9.89 Å². The van der Waals surface area contributed by atoms with Crippen molar-refractivity contribution in [1.82, 2.24) is 10.2 Å². The Morgan fingerprint density at radius 3 is 2.71 bits per heavy atom. The van der Waals surface area contributed by atoms with Crippen LogP contribution in [0.2, 0.25) is 0 Å². The number of para-hydroxylation sites is 1. The zero-order valence-corrected chi connectivity index (χ0v) is 12.3. The van der Waals surface area contributed by atoms with E-state index in [-0.39, 0.29) is 4.99 Å². The monoisotopic (exact) mass is 306 g/mol. The summed E-state index contributed by atoms with van der Waals surface area (Å²) in [5.74, 6) is 0.739. The summed E-state index contributed by atoms with van der Waals surface area (Å²) in [7, 11) is 2.96. The summed E-state index contributed by atoms with van der Waals surface area (Å²) in [5, 5.41) is 9.09. The number of hydrogen-bond acceptors (Lipinski definition) is 5. The van der Waals surface area contributed by atoms with E-state index in [0.717, 1.165) is 0 Å². The summed E-state index contributed by atoms with van der Waals surface area (Å²) in [6, 6.07) is 5.01. The molecule has 21 heavy (non-hydrogen) atoms. The molecule has 0 radical (unpaired) electrons. The van der Waals surface area contributed by atoms with Crippen molar-refractivity contribution in [2.75, 3.05) is 19.5 Å². The third-order valence-corrected chi connectivity index (χ3v) is 3.01. The number of H-pyrrole nitrogens is 1. The number of carbonyl (C=O) groups excluding carboxylic acids is 1. The van der Waals surface area contributed by atoms with Gasteiger partial charge in [0.15, 0.2) is 11.5 Å². The van der Waals surface area contributed by atoms with Gasteiger partial charge < -0.3 is 20.5 Å². The van der Waals surface area contributed by atoms with Gasteiger partial charge in [0.2, 0.25) is 0 Å². The molecule has 0 bridgehead atoms. The number of nitrogens with two attached hydrogens (primary N) is 1. The van der Waals surface area contributed by atoms with Gasteiger partial charge in [-0.1, -0.05) is 18.3 Å². The zero-order chi connectivity index (χ0) is 15.4. The zero-order valence-electron chi connectivity index (χ0n) is 11.5. The second-order valence-corrected chi connectivity index (χ2v) is 4.46. The summed E-state index contributed by atoms with van der Waals surface area (Å²) >= 11 is 4.88. The first-order chi connectivity index (χ1) is 10.1. The first-order valence-corrected chi connectivity index (χ1v) is 6.34. The Morgan fingerprint density at radius 2 is 2.10 bits per heavy atom. The lowest BCUT2D eigenvalue weighted by molar-refractivity contribution is 0.102. The average molecular weight is 306 g/mol. The van der Waals surface area contributed by atoms with E-state index in [4.69, 9.17) is 27.4 Å². The van der Waals surface area contributed by atoms with Crippen LogP contribution < -0.4 is 20.5 Å². The minimum atomic E-state index is -0.396. The molecule has 1 amide bonds. The van der Waals surface area contributed by atoms with Crippen LogP contribution in [0.4, 0.5) is 5.82 Å². The van der Waals surface area contributed by atoms with Gasteiger partial charge in [-0.05, 0) is 12.1 Å². The van der Waals surface area contributed by atoms with Gasteiger partial charge in [-0.15, -0.1) is 0 Å². The molecule has 7 nitrogen and oxygen atoms in total. The fourth-order valence-electron chi connectivity index (χ4n) is 1.82. The van der Waals surface area contributed by atoms with Crippen LogP contribution in [0.3, 0.4) is 0 Å². The number of nitrogens with zero attached hydrogens (tertiary/aromatic N) is 1. The Bertz CT molecular complexity index is 684. The number of hydrogen-bond donors (Lipinski definition) is 3. The maximum atomic E-state index is 12.4. The molecule has 0 atom stereocenters. The van der Waals surface area contributed by atoms with Gasteiger partial charge in [0, 0.05) is 0 Å². The standard InChI is InChI=1S/C13H14N4O3S/c1-19-9-5-3-4-7(10(9)20-2)13(18)16-12-8(11(14)21)6-15-17-12/h3-6H,1-2H3,(H2,14,21)(H2,15,16,17,18). The molecule has 1 aromatic carbocycles. The first-order valence-electron chi connectivity index (χ1n) is 5.94. The summed E-state index contributed by atoms with van der Waals surface area (Å²) in [4.78, 5) is 12.5. The van der Waals surface area contributed by atoms with E-state index in [1.165, 1.54) is 20.4 Å². The van der Waals surface area contributed by atoms with Crippen LogP contribution in [-0.2, 0) is 0 Å². The Hall–Kier alpha value is -2.61. The number of ether oxygens (including phenoxy) is 2. The predicted octanol–water partition coefficient (Wildman–Crippen LogP) is 1.31. The van der Waals surface area contributed by atoms with Gasteiger partial charge >= 0.3 is 0 Å². The van der Waals surface area contributed by atoms with Crippen molar-refractivity contribution >= 4 is 28.9 Å². The molecule has 2 aromatic rings. The largest absolute Gasteiger partial charge is 0.493 e. The lowest BCUT2D eigenvalue weighted by Crippen LogP contribution is -2.17. The third-order valence-electron chi connectivity index (χ3n) is 2.79. The summed E-state index contributed by atoms with van der Waals surface area (Å²) in [6.45, 7) is 0. The molecular formula is C13H14N4O3S. The molecule has 0 spiro atoms. The normalized spacial score (nSPS) is 10.0. The van der Waals surface area contributed by atoms with Crippen LogP contribution >= 0.6 is 12.2 Å². The number of rotatable bonds is 5. The highest BCUT2D eigenvalue weighted by molar-refractivity contribution is 7.80. The second kappa shape index (κ2) is 6.23. The number of anilines is 1. The number of benzene rings is 1. The van der Waals surface area contributed by atoms with Crippen LogP contribution in [0.25, 0.3) is 0 Å². The van der Waals surface area contributed by atoms with Crippen molar-refractivity contribution < 1.29 is 14.3 Å². The average Bonchev–Trinajstić information content (AvgIpc) is 2.94. The molecule has 0 unspecified atom stereocenters. The van der Waals surface area contributed by atoms with E-state index in [1.807, 2.05) is 0 Å². The number of aromatic nitrogens is 2. The third kappa shape index (κ3) is 2.95. The number of amides is 1. The van der Waals surface area contributed by atoms with E-state index < -0.39 is 5.91 Å². The van der Waals surface area contributed by atoms with Gasteiger partial charge in [0.1, 0.15) is 10.8 Å². The van der Waals surface area contributed by atoms with Crippen LogP contribution in [-0.4, -0.2) is 35.3 Å². The molecule has 0 aliphatic rings. The molecule has 0 aliphatic carbocycles. The van der Waals surface area contributed by atoms with Gasteiger partial charge in [0.25, 0.3) is 5.91 Å². The SMILES string of the molecule is COc1cccc(C(=O)Nc2[nH]ncc2C(N)=S)c1OC. The molecule has 0 saturated carbocycles. The molecule has 8 heteroatoms. The predicted molar refractivity (Wildman–Crippen MR) is 82.0 cm³/mol. The second-order valence-electron chi connectivity index (χ2n) is 4.02. The quantitative estimate of drug-likeness (QED) is 0.720. The highest BCUT2D eigenvalue weighted by Crippen LogP contribution is 2.31. The number of methoxy groups -OCH3 is 2. The lowest BCUT2D eigenvalue weighted by atomic mass is 10.1. The minimum absolute atomic E-state index is 0.136. The molecule has 0 fully saturated rings.